The molecule has 0 aromatic heterocycles. The Morgan fingerprint density at radius 1 is 0.366 bits per heavy atom. The summed E-state index contributed by atoms with van der Waals surface area (Å²) in [6.45, 7) is 5.55. The molecule has 0 saturated heterocycles. The first-order valence-electron chi connectivity index (χ1n) is 18.1. The van der Waals surface area contributed by atoms with Crippen LogP contribution >= 0.6 is 11.8 Å². The van der Waals surface area contributed by atoms with Crippen molar-refractivity contribution in [2.24, 2.45) is 0 Å². The maximum atomic E-state index is 11.9. The zero-order chi connectivity index (χ0) is 29.9. The summed E-state index contributed by atoms with van der Waals surface area (Å²) in [6, 6.07) is 0. The zero-order valence-corrected chi connectivity index (χ0v) is 28.5. The van der Waals surface area contributed by atoms with E-state index in [1.807, 2.05) is 0 Å². The Kier molecular flexibility index (Phi) is 34.9. The molecule has 5 heteroatoms. The minimum absolute atomic E-state index is 0.218. The molecular weight excluding hydrogens is 528 g/mol. The molecular formula is C36H70O4S. The first-order valence-corrected chi connectivity index (χ1v) is 19.2. The number of hydrogen-bond donors (Lipinski definition) is 0. The molecule has 0 amide bonds. The van der Waals surface area contributed by atoms with Crippen molar-refractivity contribution in [3.8, 4) is 0 Å². The number of thioether (sulfide) groups is 1. The second-order valence-electron chi connectivity index (χ2n) is 12.1. The van der Waals surface area contributed by atoms with Crippen molar-refractivity contribution in [3.63, 3.8) is 0 Å². The lowest BCUT2D eigenvalue weighted by Crippen LogP contribution is -2.13. The number of hydrogen-bond acceptors (Lipinski definition) is 5. The summed E-state index contributed by atoms with van der Waals surface area (Å²) < 4.78 is 10.6. The molecule has 41 heavy (non-hydrogen) atoms. The molecule has 0 bridgehead atoms. The summed E-state index contributed by atoms with van der Waals surface area (Å²) in [5, 5.41) is 0. The van der Waals surface area contributed by atoms with E-state index in [1.54, 1.807) is 0 Å². The van der Waals surface area contributed by atoms with Gasteiger partial charge in [-0.1, -0.05) is 181 Å². The molecule has 0 N–H and O–H groups in total. The summed E-state index contributed by atoms with van der Waals surface area (Å²) in [4.78, 5) is 23.7. The zero-order valence-electron chi connectivity index (χ0n) is 27.7. The lowest BCUT2D eigenvalue weighted by atomic mass is 10.0. The average Bonchev–Trinajstić information content (AvgIpc) is 2.97. The number of carbonyl (C=O) groups is 2. The van der Waals surface area contributed by atoms with Gasteiger partial charge in [-0.05, 0) is 12.8 Å². The Hall–Kier alpha value is -0.710. The summed E-state index contributed by atoms with van der Waals surface area (Å²) in [5.41, 5.74) is 0. The van der Waals surface area contributed by atoms with E-state index in [0.717, 1.165) is 25.7 Å². The molecule has 0 aromatic carbocycles. The van der Waals surface area contributed by atoms with E-state index in [0.29, 0.717) is 13.2 Å². The fourth-order valence-corrected chi connectivity index (χ4v) is 5.87. The number of unbranched alkanes of at least 4 members (excludes halogenated alkanes) is 26. The quantitative estimate of drug-likeness (QED) is 0.0544. The minimum atomic E-state index is -0.218. The number of carbonyl (C=O) groups excluding carboxylic acids is 2. The molecule has 0 heterocycles. The van der Waals surface area contributed by atoms with E-state index in [1.165, 1.54) is 166 Å². The largest absolute Gasteiger partial charge is 0.465 e. The number of rotatable bonds is 34. The Morgan fingerprint density at radius 3 is 0.829 bits per heavy atom. The van der Waals surface area contributed by atoms with E-state index in [4.69, 9.17) is 9.47 Å². The van der Waals surface area contributed by atoms with Gasteiger partial charge in [-0.25, -0.2) is 0 Å². The van der Waals surface area contributed by atoms with Crippen molar-refractivity contribution in [2.75, 3.05) is 24.7 Å². The van der Waals surface area contributed by atoms with Crippen LogP contribution in [-0.2, 0) is 19.1 Å². The third-order valence-corrected chi connectivity index (χ3v) is 8.84. The van der Waals surface area contributed by atoms with Crippen LogP contribution in [0.4, 0.5) is 0 Å². The van der Waals surface area contributed by atoms with Crippen LogP contribution in [0.2, 0.25) is 0 Å². The molecule has 0 aliphatic carbocycles. The smallest absolute Gasteiger partial charge is 0.315 e. The van der Waals surface area contributed by atoms with Gasteiger partial charge in [-0.15, -0.1) is 11.8 Å². The van der Waals surface area contributed by atoms with Crippen molar-refractivity contribution >= 4 is 23.7 Å². The van der Waals surface area contributed by atoms with Crippen molar-refractivity contribution in [3.05, 3.63) is 0 Å². The predicted molar refractivity (Wildman–Crippen MR) is 180 cm³/mol. The molecule has 0 radical (unpaired) electrons. The highest BCUT2D eigenvalue weighted by molar-refractivity contribution is 8.00. The van der Waals surface area contributed by atoms with Gasteiger partial charge < -0.3 is 9.47 Å². The van der Waals surface area contributed by atoms with Gasteiger partial charge in [0.1, 0.15) is 0 Å². The molecule has 244 valence electrons. The molecule has 0 aromatic rings. The SMILES string of the molecule is CCCCCCCCCCCCCCCCOC(=O)CSCC(=O)OCCCCCCCCCCCCCCCC. The van der Waals surface area contributed by atoms with Gasteiger partial charge in [-0.3, -0.25) is 9.59 Å². The topological polar surface area (TPSA) is 52.6 Å². The monoisotopic (exact) mass is 598 g/mol. The van der Waals surface area contributed by atoms with Crippen LogP contribution in [0.25, 0.3) is 0 Å². The van der Waals surface area contributed by atoms with Crippen molar-refractivity contribution in [2.45, 2.75) is 194 Å². The van der Waals surface area contributed by atoms with Gasteiger partial charge in [-0.2, -0.15) is 0 Å². The lowest BCUT2D eigenvalue weighted by Gasteiger charge is -2.06. The Bertz CT molecular complexity index is 494. The van der Waals surface area contributed by atoms with Crippen LogP contribution in [0.1, 0.15) is 194 Å². The Morgan fingerprint density at radius 2 is 0.585 bits per heavy atom. The first-order chi connectivity index (χ1) is 20.2. The fraction of sp³-hybridized carbons (Fsp3) is 0.944. The van der Waals surface area contributed by atoms with Crippen molar-refractivity contribution < 1.29 is 19.1 Å². The minimum Gasteiger partial charge on any atom is -0.465 e. The predicted octanol–water partition coefficient (Wildman–Crippen LogP) is 11.8. The molecule has 0 saturated carbocycles. The maximum absolute atomic E-state index is 11.9. The summed E-state index contributed by atoms with van der Waals surface area (Å²) >= 11 is 1.30. The molecule has 0 aliphatic heterocycles. The molecule has 4 nitrogen and oxygen atoms in total. The van der Waals surface area contributed by atoms with Gasteiger partial charge >= 0.3 is 11.9 Å². The van der Waals surface area contributed by atoms with Gasteiger partial charge in [0.2, 0.25) is 0 Å². The van der Waals surface area contributed by atoms with Crippen LogP contribution < -0.4 is 0 Å². The second-order valence-corrected chi connectivity index (χ2v) is 13.1. The van der Waals surface area contributed by atoms with Crippen molar-refractivity contribution in [1.82, 2.24) is 0 Å². The van der Waals surface area contributed by atoms with E-state index in [9.17, 15) is 9.59 Å². The van der Waals surface area contributed by atoms with E-state index < -0.39 is 0 Å². The van der Waals surface area contributed by atoms with Gasteiger partial charge in [0.05, 0.1) is 24.7 Å². The molecule has 0 atom stereocenters. The van der Waals surface area contributed by atoms with Gasteiger partial charge in [0.15, 0.2) is 0 Å². The van der Waals surface area contributed by atoms with Crippen LogP contribution in [-0.4, -0.2) is 36.7 Å². The molecule has 0 unspecified atom stereocenters. The average molecular weight is 599 g/mol. The highest BCUT2D eigenvalue weighted by atomic mass is 32.2. The van der Waals surface area contributed by atoms with E-state index >= 15 is 0 Å². The molecule has 0 spiro atoms. The fourth-order valence-electron chi connectivity index (χ4n) is 5.27. The lowest BCUT2D eigenvalue weighted by molar-refractivity contribution is -0.140. The summed E-state index contributed by atoms with van der Waals surface area (Å²) in [5.74, 6) is 0.0213. The van der Waals surface area contributed by atoms with Crippen molar-refractivity contribution in [1.29, 1.82) is 0 Å². The van der Waals surface area contributed by atoms with E-state index in [-0.39, 0.29) is 23.4 Å². The standard InChI is InChI=1S/C36H70O4S/c1-3-5-7-9-11-13-15-17-19-21-23-25-27-29-31-39-35(37)33-41-34-36(38)40-32-30-28-26-24-22-20-18-16-14-12-10-8-6-4-2/h3-34H2,1-2H3. The highest BCUT2D eigenvalue weighted by Gasteiger charge is 2.07. The summed E-state index contributed by atoms with van der Waals surface area (Å²) in [7, 11) is 0. The molecule has 0 rings (SSSR count). The molecule has 0 aliphatic rings. The number of ether oxygens (including phenoxy) is 2. The van der Waals surface area contributed by atoms with Crippen LogP contribution in [0.15, 0.2) is 0 Å². The maximum Gasteiger partial charge on any atom is 0.315 e. The highest BCUT2D eigenvalue weighted by Crippen LogP contribution is 2.14. The first kappa shape index (κ1) is 40.3. The Labute approximate surface area is 260 Å². The summed E-state index contributed by atoms with van der Waals surface area (Å²) in [6.07, 6.45) is 36.9. The van der Waals surface area contributed by atoms with E-state index in [2.05, 4.69) is 13.8 Å². The van der Waals surface area contributed by atoms with Gasteiger partial charge in [0, 0.05) is 0 Å². The normalized spacial score (nSPS) is 11.2. The van der Waals surface area contributed by atoms with Crippen LogP contribution in [0, 0.1) is 0 Å². The van der Waals surface area contributed by atoms with Crippen LogP contribution in [0.3, 0.4) is 0 Å². The second kappa shape index (κ2) is 35.5. The van der Waals surface area contributed by atoms with Crippen LogP contribution in [0.5, 0.6) is 0 Å². The molecule has 0 fully saturated rings. The Balaban J connectivity index is 3.26. The van der Waals surface area contributed by atoms with Gasteiger partial charge in [0.25, 0.3) is 0 Å². The third kappa shape index (κ3) is 35.4. The number of esters is 2. The third-order valence-electron chi connectivity index (χ3n) is 7.96.